The van der Waals surface area contributed by atoms with Crippen molar-refractivity contribution in [2.45, 2.75) is 57.4 Å². The summed E-state index contributed by atoms with van der Waals surface area (Å²) in [6.07, 6.45) is 5.19. The largest absolute Gasteiger partial charge is 0.347 e. The van der Waals surface area contributed by atoms with Crippen LogP contribution in [-0.4, -0.2) is 39.9 Å². The molecule has 1 N–H and O–H groups in total. The summed E-state index contributed by atoms with van der Waals surface area (Å²) in [5.74, 6) is 1.02. The molecule has 2 aromatic rings. The van der Waals surface area contributed by atoms with E-state index in [2.05, 4.69) is 15.5 Å². The van der Waals surface area contributed by atoms with Crippen LogP contribution < -0.4 is 5.32 Å². The minimum Gasteiger partial charge on any atom is -0.347 e. The Balaban J connectivity index is 1.36. The second-order valence-electron chi connectivity index (χ2n) is 8.32. The molecule has 0 atom stereocenters. The van der Waals surface area contributed by atoms with Crippen LogP contribution in [0.1, 0.15) is 55.8 Å². The van der Waals surface area contributed by atoms with Gasteiger partial charge < -0.3 is 14.7 Å². The van der Waals surface area contributed by atoms with Crippen LogP contribution in [0.25, 0.3) is 0 Å². The molecule has 4 rings (SSSR count). The van der Waals surface area contributed by atoms with Crippen LogP contribution in [-0.2, 0) is 21.5 Å². The van der Waals surface area contributed by atoms with E-state index < -0.39 is 5.41 Å². The summed E-state index contributed by atoms with van der Waals surface area (Å²) in [6, 6.07) is 7.72. The lowest BCUT2D eigenvalue weighted by Crippen LogP contribution is -2.50. The highest BCUT2D eigenvalue weighted by atomic mass is 35.5. The van der Waals surface area contributed by atoms with Crippen molar-refractivity contribution in [3.8, 4) is 0 Å². The predicted molar refractivity (Wildman–Crippen MR) is 112 cm³/mol. The van der Waals surface area contributed by atoms with Crippen molar-refractivity contribution in [2.75, 3.05) is 13.1 Å². The van der Waals surface area contributed by atoms with Crippen LogP contribution in [0.15, 0.2) is 28.8 Å². The monoisotopic (exact) mass is 430 g/mol. The number of rotatable bonds is 5. The van der Waals surface area contributed by atoms with Gasteiger partial charge in [-0.1, -0.05) is 41.7 Å². The molecule has 1 aromatic carbocycles. The molecule has 1 saturated carbocycles. The molecule has 30 heavy (non-hydrogen) atoms. The number of nitrogens with one attached hydrogen (secondary N) is 1. The number of hydrogen-bond acceptors (Lipinski definition) is 5. The van der Waals surface area contributed by atoms with Gasteiger partial charge in [0.25, 0.3) is 0 Å². The quantitative estimate of drug-likeness (QED) is 0.785. The molecule has 2 amide bonds. The van der Waals surface area contributed by atoms with Gasteiger partial charge in [-0.3, -0.25) is 9.59 Å². The molecular formula is C22H27ClN4O3. The number of likely N-dealkylation sites (tertiary alicyclic amines) is 1. The van der Waals surface area contributed by atoms with Crippen molar-refractivity contribution >= 4 is 23.4 Å². The highest BCUT2D eigenvalue weighted by Gasteiger charge is 2.45. The van der Waals surface area contributed by atoms with E-state index in [1.165, 1.54) is 0 Å². The fraction of sp³-hybridized carbons (Fsp3) is 0.545. The summed E-state index contributed by atoms with van der Waals surface area (Å²) < 4.78 is 5.03. The second-order valence-corrected chi connectivity index (χ2v) is 8.75. The fourth-order valence-electron chi connectivity index (χ4n) is 4.74. The maximum atomic E-state index is 13.6. The Hall–Kier alpha value is -2.41. The Kier molecular flexibility index (Phi) is 6.09. The molecule has 7 nitrogen and oxygen atoms in total. The van der Waals surface area contributed by atoms with E-state index in [0.29, 0.717) is 42.7 Å². The molecule has 160 valence electrons. The summed E-state index contributed by atoms with van der Waals surface area (Å²) in [5, 5.41) is 7.27. The van der Waals surface area contributed by atoms with E-state index in [1.807, 2.05) is 29.2 Å². The van der Waals surface area contributed by atoms with Crippen molar-refractivity contribution in [2.24, 2.45) is 5.92 Å². The lowest BCUT2D eigenvalue weighted by atomic mass is 9.77. The molecule has 0 spiro atoms. The number of aromatic nitrogens is 2. The molecule has 2 heterocycles. The lowest BCUT2D eigenvalue weighted by molar-refractivity contribution is -0.140. The van der Waals surface area contributed by atoms with Crippen molar-refractivity contribution in [3.63, 3.8) is 0 Å². The molecule has 1 saturated heterocycles. The van der Waals surface area contributed by atoms with Crippen molar-refractivity contribution in [1.29, 1.82) is 0 Å². The van der Waals surface area contributed by atoms with Crippen LogP contribution in [0.4, 0.5) is 0 Å². The Morgan fingerprint density at radius 1 is 1.20 bits per heavy atom. The van der Waals surface area contributed by atoms with Gasteiger partial charge in [0.05, 0.1) is 12.0 Å². The van der Waals surface area contributed by atoms with Crippen LogP contribution in [0.3, 0.4) is 0 Å². The lowest BCUT2D eigenvalue weighted by Gasteiger charge is -2.38. The van der Waals surface area contributed by atoms with Gasteiger partial charge in [0.15, 0.2) is 5.82 Å². The normalized spacial score (nSPS) is 19.1. The average Bonchev–Trinajstić information content (AvgIpc) is 3.42. The third-order valence-corrected chi connectivity index (χ3v) is 6.65. The summed E-state index contributed by atoms with van der Waals surface area (Å²) >= 11 is 6.06. The van der Waals surface area contributed by atoms with E-state index in [-0.39, 0.29) is 24.3 Å². The van der Waals surface area contributed by atoms with E-state index in [4.69, 9.17) is 16.1 Å². The standard InChI is InChI=1S/C22H27ClN4O3/c1-15-25-19(30-26-15)14-24-20(28)16-8-12-27(13-9-16)21(29)22(10-2-3-11-22)17-4-6-18(23)7-5-17/h4-7,16H,2-3,8-14H2,1H3,(H,24,28). The number of hydrogen-bond donors (Lipinski definition) is 1. The highest BCUT2D eigenvalue weighted by Crippen LogP contribution is 2.43. The molecule has 1 aliphatic carbocycles. The molecule has 0 unspecified atom stereocenters. The Labute approximate surface area is 181 Å². The molecule has 2 fully saturated rings. The number of benzene rings is 1. The maximum absolute atomic E-state index is 13.6. The molecule has 0 radical (unpaired) electrons. The van der Waals surface area contributed by atoms with Gasteiger partial charge in [-0.05, 0) is 50.3 Å². The molecule has 1 aliphatic heterocycles. The van der Waals surface area contributed by atoms with E-state index in [0.717, 1.165) is 31.2 Å². The summed E-state index contributed by atoms with van der Waals surface area (Å²) in [5.41, 5.74) is 0.610. The summed E-state index contributed by atoms with van der Waals surface area (Å²) in [7, 11) is 0. The smallest absolute Gasteiger partial charge is 0.246 e. The first-order valence-corrected chi connectivity index (χ1v) is 11.0. The van der Waals surface area contributed by atoms with Crippen LogP contribution in [0.5, 0.6) is 0 Å². The second kappa shape index (κ2) is 8.76. The van der Waals surface area contributed by atoms with E-state index in [9.17, 15) is 9.59 Å². The number of halogens is 1. The van der Waals surface area contributed by atoms with Gasteiger partial charge in [0, 0.05) is 24.0 Å². The number of amides is 2. The number of carbonyl (C=O) groups is 2. The Bertz CT molecular complexity index is 897. The predicted octanol–water partition coefficient (Wildman–Crippen LogP) is 3.40. The molecule has 1 aromatic heterocycles. The number of carbonyl (C=O) groups excluding carboxylic acids is 2. The summed E-state index contributed by atoms with van der Waals surface area (Å²) in [6.45, 7) is 3.18. The zero-order valence-corrected chi connectivity index (χ0v) is 18.0. The topological polar surface area (TPSA) is 88.3 Å². The van der Waals surface area contributed by atoms with E-state index in [1.54, 1.807) is 6.92 Å². The zero-order chi connectivity index (χ0) is 21.1. The molecular weight excluding hydrogens is 404 g/mol. The Morgan fingerprint density at radius 3 is 2.47 bits per heavy atom. The maximum Gasteiger partial charge on any atom is 0.246 e. The number of nitrogens with zero attached hydrogens (tertiary/aromatic N) is 3. The third kappa shape index (κ3) is 4.21. The van der Waals surface area contributed by atoms with Crippen molar-refractivity contribution in [1.82, 2.24) is 20.4 Å². The summed E-state index contributed by atoms with van der Waals surface area (Å²) in [4.78, 5) is 32.1. The van der Waals surface area contributed by atoms with Gasteiger partial charge in [-0.15, -0.1) is 0 Å². The van der Waals surface area contributed by atoms with Gasteiger partial charge in [-0.2, -0.15) is 4.98 Å². The molecule has 2 aliphatic rings. The average molecular weight is 431 g/mol. The first-order valence-electron chi connectivity index (χ1n) is 10.6. The van der Waals surface area contributed by atoms with Gasteiger partial charge >= 0.3 is 0 Å². The molecule has 8 heteroatoms. The van der Waals surface area contributed by atoms with E-state index >= 15 is 0 Å². The minimum atomic E-state index is -0.449. The highest BCUT2D eigenvalue weighted by molar-refractivity contribution is 6.30. The first kappa shape index (κ1) is 20.8. The Morgan fingerprint density at radius 2 is 1.87 bits per heavy atom. The fourth-order valence-corrected chi connectivity index (χ4v) is 4.87. The van der Waals surface area contributed by atoms with Crippen molar-refractivity contribution in [3.05, 3.63) is 46.6 Å². The number of piperidine rings is 1. The van der Waals surface area contributed by atoms with Crippen LogP contribution in [0.2, 0.25) is 5.02 Å². The zero-order valence-electron chi connectivity index (χ0n) is 17.2. The third-order valence-electron chi connectivity index (χ3n) is 6.40. The molecule has 0 bridgehead atoms. The van der Waals surface area contributed by atoms with Crippen LogP contribution in [0, 0.1) is 12.8 Å². The van der Waals surface area contributed by atoms with Crippen molar-refractivity contribution < 1.29 is 14.1 Å². The first-order chi connectivity index (χ1) is 14.5. The van der Waals surface area contributed by atoms with Gasteiger partial charge in [0.2, 0.25) is 17.7 Å². The number of aryl methyl sites for hydroxylation is 1. The van der Waals surface area contributed by atoms with Crippen LogP contribution >= 0.6 is 11.6 Å². The minimum absolute atomic E-state index is 0.0220. The van der Waals surface area contributed by atoms with Gasteiger partial charge in [0.1, 0.15) is 0 Å². The SMILES string of the molecule is Cc1noc(CNC(=O)C2CCN(C(=O)C3(c4ccc(Cl)cc4)CCCC3)CC2)n1. The van der Waals surface area contributed by atoms with Gasteiger partial charge in [-0.25, -0.2) is 0 Å².